The van der Waals surface area contributed by atoms with Crippen LogP contribution < -0.4 is 5.32 Å². The molecule has 0 amide bonds. The first-order chi connectivity index (χ1) is 7.92. The zero-order chi connectivity index (χ0) is 11.2. The van der Waals surface area contributed by atoms with E-state index in [1.165, 1.54) is 29.2 Å². The van der Waals surface area contributed by atoms with E-state index in [9.17, 15) is 0 Å². The number of fused-ring (bicyclic) bond motifs is 1. The Labute approximate surface area is 97.5 Å². The summed E-state index contributed by atoms with van der Waals surface area (Å²) in [5.74, 6) is 0. The molecule has 1 heteroatoms. The van der Waals surface area contributed by atoms with Crippen molar-refractivity contribution in [2.75, 3.05) is 6.54 Å². The molecule has 0 aliphatic carbocycles. The van der Waals surface area contributed by atoms with Crippen LogP contribution in [0.15, 0.2) is 42.5 Å². The van der Waals surface area contributed by atoms with Gasteiger partial charge in [0, 0.05) is 6.54 Å². The van der Waals surface area contributed by atoms with Crippen LogP contribution in [-0.4, -0.2) is 6.54 Å². The fourth-order valence-corrected chi connectivity index (χ4v) is 1.97. The Hall–Kier alpha value is -1.34. The Morgan fingerprint density at radius 1 is 1.00 bits per heavy atom. The monoisotopic (exact) mass is 213 g/mol. The lowest BCUT2D eigenvalue weighted by Crippen LogP contribution is -2.14. The maximum atomic E-state index is 3.49. The fraction of sp³-hybridized carbons (Fsp3) is 0.333. The van der Waals surface area contributed by atoms with Crippen molar-refractivity contribution < 1.29 is 0 Å². The molecular formula is C15H19N. The van der Waals surface area contributed by atoms with Crippen molar-refractivity contribution in [2.24, 2.45) is 0 Å². The molecule has 2 rings (SSSR count). The first-order valence-electron chi connectivity index (χ1n) is 6.09. The summed E-state index contributed by atoms with van der Waals surface area (Å²) in [6.07, 6.45) is 2.51. The summed E-state index contributed by atoms with van der Waals surface area (Å²) in [5, 5.41) is 6.20. The molecule has 0 aromatic heterocycles. The largest absolute Gasteiger partial charge is 0.313 e. The molecule has 0 atom stereocenters. The highest BCUT2D eigenvalue weighted by atomic mass is 14.8. The van der Waals surface area contributed by atoms with Crippen LogP contribution in [0.5, 0.6) is 0 Å². The van der Waals surface area contributed by atoms with Crippen molar-refractivity contribution in [3.63, 3.8) is 0 Å². The summed E-state index contributed by atoms with van der Waals surface area (Å²) in [4.78, 5) is 0. The van der Waals surface area contributed by atoms with Crippen LogP contribution in [-0.2, 0) is 6.54 Å². The second-order valence-electron chi connectivity index (χ2n) is 4.17. The van der Waals surface area contributed by atoms with Gasteiger partial charge in [0.05, 0.1) is 0 Å². The van der Waals surface area contributed by atoms with Crippen LogP contribution in [0.3, 0.4) is 0 Å². The number of unbranched alkanes of at least 4 members (excludes halogenated alkanes) is 1. The average Bonchev–Trinajstić information content (AvgIpc) is 2.35. The van der Waals surface area contributed by atoms with E-state index in [4.69, 9.17) is 0 Å². The second-order valence-corrected chi connectivity index (χ2v) is 4.17. The van der Waals surface area contributed by atoms with Gasteiger partial charge in [-0.3, -0.25) is 0 Å². The van der Waals surface area contributed by atoms with Crippen LogP contribution >= 0.6 is 0 Å². The molecule has 0 heterocycles. The Morgan fingerprint density at radius 3 is 2.69 bits per heavy atom. The highest BCUT2D eigenvalue weighted by molar-refractivity contribution is 5.85. The van der Waals surface area contributed by atoms with Crippen LogP contribution in [0.4, 0.5) is 0 Å². The van der Waals surface area contributed by atoms with Crippen LogP contribution in [0.2, 0.25) is 0 Å². The van der Waals surface area contributed by atoms with E-state index >= 15 is 0 Å². The minimum atomic E-state index is 0.974. The van der Waals surface area contributed by atoms with Gasteiger partial charge in [-0.15, -0.1) is 0 Å². The number of hydrogen-bond acceptors (Lipinski definition) is 1. The molecule has 84 valence electrons. The highest BCUT2D eigenvalue weighted by Gasteiger charge is 1.98. The Bertz CT molecular complexity index is 443. The lowest BCUT2D eigenvalue weighted by molar-refractivity contribution is 0.643. The quantitative estimate of drug-likeness (QED) is 0.746. The van der Waals surface area contributed by atoms with Gasteiger partial charge in [-0.2, -0.15) is 0 Å². The summed E-state index contributed by atoms with van der Waals surface area (Å²) in [6.45, 7) is 4.31. The lowest BCUT2D eigenvalue weighted by Gasteiger charge is -2.07. The summed E-state index contributed by atoms with van der Waals surface area (Å²) >= 11 is 0. The number of benzene rings is 2. The van der Waals surface area contributed by atoms with Gasteiger partial charge >= 0.3 is 0 Å². The zero-order valence-electron chi connectivity index (χ0n) is 9.87. The third kappa shape index (κ3) is 2.61. The van der Waals surface area contributed by atoms with Gasteiger partial charge in [-0.1, -0.05) is 55.8 Å². The summed E-state index contributed by atoms with van der Waals surface area (Å²) < 4.78 is 0. The van der Waals surface area contributed by atoms with Crippen LogP contribution in [0.1, 0.15) is 25.3 Å². The van der Waals surface area contributed by atoms with Gasteiger partial charge in [-0.25, -0.2) is 0 Å². The topological polar surface area (TPSA) is 12.0 Å². The molecule has 0 bridgehead atoms. The molecule has 2 aromatic rings. The predicted molar refractivity (Wildman–Crippen MR) is 70.6 cm³/mol. The summed E-state index contributed by atoms with van der Waals surface area (Å²) in [5.41, 5.74) is 1.40. The van der Waals surface area contributed by atoms with E-state index in [1.54, 1.807) is 0 Å². The van der Waals surface area contributed by atoms with Crippen molar-refractivity contribution in [2.45, 2.75) is 26.3 Å². The molecule has 16 heavy (non-hydrogen) atoms. The maximum Gasteiger partial charge on any atom is 0.0211 e. The number of hydrogen-bond donors (Lipinski definition) is 1. The Balaban J connectivity index is 2.11. The standard InChI is InChI=1S/C15H19N/c1-2-3-11-16-12-14-9-6-8-13-7-4-5-10-15(13)14/h4-10,16H,2-3,11-12H2,1H3. The normalized spacial score (nSPS) is 10.8. The van der Waals surface area contributed by atoms with Crippen molar-refractivity contribution >= 4 is 10.8 Å². The first-order valence-corrected chi connectivity index (χ1v) is 6.09. The van der Waals surface area contributed by atoms with E-state index in [-0.39, 0.29) is 0 Å². The van der Waals surface area contributed by atoms with Gasteiger partial charge in [-0.05, 0) is 29.3 Å². The third-order valence-corrected chi connectivity index (χ3v) is 2.90. The van der Waals surface area contributed by atoms with Crippen LogP contribution in [0, 0.1) is 0 Å². The van der Waals surface area contributed by atoms with Crippen molar-refractivity contribution in [1.82, 2.24) is 5.32 Å². The van der Waals surface area contributed by atoms with Crippen LogP contribution in [0.25, 0.3) is 10.8 Å². The second kappa shape index (κ2) is 5.66. The molecule has 1 nitrogen and oxygen atoms in total. The average molecular weight is 213 g/mol. The molecule has 0 saturated heterocycles. The zero-order valence-corrected chi connectivity index (χ0v) is 9.87. The maximum absolute atomic E-state index is 3.49. The molecule has 0 spiro atoms. The molecule has 0 radical (unpaired) electrons. The van der Waals surface area contributed by atoms with E-state index in [0.717, 1.165) is 13.1 Å². The first kappa shape index (κ1) is 11.2. The molecule has 0 fully saturated rings. The van der Waals surface area contributed by atoms with E-state index in [2.05, 4.69) is 54.7 Å². The summed E-state index contributed by atoms with van der Waals surface area (Å²) in [7, 11) is 0. The molecule has 0 aliphatic heterocycles. The van der Waals surface area contributed by atoms with Gasteiger partial charge in [0.25, 0.3) is 0 Å². The molecular weight excluding hydrogens is 194 g/mol. The van der Waals surface area contributed by atoms with E-state index in [1.807, 2.05) is 0 Å². The minimum absolute atomic E-state index is 0.974. The smallest absolute Gasteiger partial charge is 0.0211 e. The van der Waals surface area contributed by atoms with Crippen molar-refractivity contribution in [3.05, 3.63) is 48.0 Å². The molecule has 0 saturated carbocycles. The number of rotatable bonds is 5. The lowest BCUT2D eigenvalue weighted by atomic mass is 10.0. The predicted octanol–water partition coefficient (Wildman–Crippen LogP) is 3.73. The van der Waals surface area contributed by atoms with Gasteiger partial charge in [0.15, 0.2) is 0 Å². The van der Waals surface area contributed by atoms with Crippen molar-refractivity contribution in [1.29, 1.82) is 0 Å². The minimum Gasteiger partial charge on any atom is -0.313 e. The molecule has 1 N–H and O–H groups in total. The van der Waals surface area contributed by atoms with Gasteiger partial charge < -0.3 is 5.32 Å². The Kier molecular flexibility index (Phi) is 3.95. The third-order valence-electron chi connectivity index (χ3n) is 2.90. The molecule has 0 unspecified atom stereocenters. The Morgan fingerprint density at radius 2 is 1.81 bits per heavy atom. The molecule has 0 aliphatic rings. The fourth-order valence-electron chi connectivity index (χ4n) is 1.97. The summed E-state index contributed by atoms with van der Waals surface area (Å²) in [6, 6.07) is 15.1. The van der Waals surface area contributed by atoms with Gasteiger partial charge in [0.2, 0.25) is 0 Å². The highest BCUT2D eigenvalue weighted by Crippen LogP contribution is 2.18. The van der Waals surface area contributed by atoms with E-state index < -0.39 is 0 Å². The SMILES string of the molecule is CCCCNCc1cccc2ccccc12. The van der Waals surface area contributed by atoms with Crippen molar-refractivity contribution in [3.8, 4) is 0 Å². The van der Waals surface area contributed by atoms with Gasteiger partial charge in [0.1, 0.15) is 0 Å². The number of nitrogens with one attached hydrogen (secondary N) is 1. The van der Waals surface area contributed by atoms with E-state index in [0.29, 0.717) is 0 Å². The molecule has 2 aromatic carbocycles.